The van der Waals surface area contributed by atoms with Gasteiger partial charge in [0.25, 0.3) is 0 Å². The number of hydrogen-bond donors (Lipinski definition) is 0. The molecule has 0 amide bonds. The van der Waals surface area contributed by atoms with Gasteiger partial charge in [0.05, 0.1) is 10.6 Å². The van der Waals surface area contributed by atoms with Gasteiger partial charge in [0.2, 0.25) is 0 Å². The van der Waals surface area contributed by atoms with E-state index in [-0.39, 0.29) is 11.8 Å². The summed E-state index contributed by atoms with van der Waals surface area (Å²) >= 11 is 3.13. The number of hydrogen-bond acceptors (Lipinski definition) is 3. The maximum absolute atomic E-state index is 13.0. The topological polar surface area (TPSA) is 38.7 Å². The Morgan fingerprint density at radius 3 is 2.64 bits per heavy atom. The van der Waals surface area contributed by atoms with Crippen molar-refractivity contribution in [2.75, 3.05) is 0 Å². The summed E-state index contributed by atoms with van der Waals surface area (Å²) in [6.45, 7) is 3.67. The van der Waals surface area contributed by atoms with Crippen LogP contribution in [0.15, 0.2) is 21.8 Å². The Morgan fingerprint density at radius 2 is 2.14 bits per heavy atom. The number of rotatable bonds is 3. The monoisotopic (exact) mass is 261 g/mol. The molecule has 0 saturated heterocycles. The van der Waals surface area contributed by atoms with Gasteiger partial charge >= 0.3 is 0 Å². The van der Waals surface area contributed by atoms with Gasteiger partial charge in [-0.15, -0.1) is 4.91 Å². The summed E-state index contributed by atoms with van der Waals surface area (Å²) in [6.07, 6.45) is -0.0451. The predicted molar refractivity (Wildman–Crippen MR) is 55.3 cm³/mol. The summed E-state index contributed by atoms with van der Waals surface area (Å²) in [5, 5.41) is 2.55. The van der Waals surface area contributed by atoms with Crippen LogP contribution >= 0.6 is 15.9 Å². The Bertz CT molecular complexity index is 355. The zero-order valence-corrected chi connectivity index (χ0v) is 9.34. The quantitative estimate of drug-likeness (QED) is 0.777. The van der Waals surface area contributed by atoms with E-state index in [0.29, 0.717) is 10.2 Å². The lowest BCUT2D eigenvalue weighted by Gasteiger charge is -2.11. The van der Waals surface area contributed by atoms with Gasteiger partial charge < -0.3 is 4.74 Å². The smallest absolute Gasteiger partial charge is 0.153 e. The fourth-order valence-electron chi connectivity index (χ4n) is 0.933. The molecule has 0 aliphatic rings. The Labute approximate surface area is 89.4 Å². The van der Waals surface area contributed by atoms with E-state index < -0.39 is 5.82 Å². The first-order valence-electron chi connectivity index (χ1n) is 4.03. The lowest BCUT2D eigenvalue weighted by Crippen LogP contribution is -2.06. The summed E-state index contributed by atoms with van der Waals surface area (Å²) in [5.74, 6) is -0.251. The van der Waals surface area contributed by atoms with E-state index in [9.17, 15) is 9.30 Å². The number of nitrogens with zero attached hydrogens (tertiary/aromatic N) is 1. The summed E-state index contributed by atoms with van der Waals surface area (Å²) in [7, 11) is 0. The fourth-order valence-corrected chi connectivity index (χ4v) is 1.34. The van der Waals surface area contributed by atoms with Crippen molar-refractivity contribution in [2.45, 2.75) is 20.0 Å². The van der Waals surface area contributed by atoms with Gasteiger partial charge in [0.1, 0.15) is 11.4 Å². The zero-order chi connectivity index (χ0) is 10.7. The highest BCUT2D eigenvalue weighted by Crippen LogP contribution is 2.32. The molecule has 3 nitrogen and oxygen atoms in total. The summed E-state index contributed by atoms with van der Waals surface area (Å²) < 4.78 is 18.8. The van der Waals surface area contributed by atoms with Crippen LogP contribution in [0, 0.1) is 10.7 Å². The van der Waals surface area contributed by atoms with Gasteiger partial charge in [0, 0.05) is 6.07 Å². The van der Waals surface area contributed by atoms with Gasteiger partial charge in [-0.3, -0.25) is 0 Å². The third-order valence-corrected chi connectivity index (χ3v) is 2.08. The fraction of sp³-hybridized carbons (Fsp3) is 0.333. The van der Waals surface area contributed by atoms with Crippen molar-refractivity contribution in [3.63, 3.8) is 0 Å². The highest BCUT2D eigenvalue weighted by atomic mass is 79.9. The largest absolute Gasteiger partial charge is 0.490 e. The van der Waals surface area contributed by atoms with Crippen molar-refractivity contribution in [3.8, 4) is 5.75 Å². The van der Waals surface area contributed by atoms with Crippen LogP contribution in [-0.2, 0) is 0 Å². The molecule has 0 unspecified atom stereocenters. The SMILES string of the molecule is CC(C)Oc1cc(N=O)c(F)cc1Br. The van der Waals surface area contributed by atoms with Crippen molar-refractivity contribution in [2.24, 2.45) is 5.18 Å². The number of benzene rings is 1. The molecular weight excluding hydrogens is 253 g/mol. The van der Waals surface area contributed by atoms with Crippen molar-refractivity contribution >= 4 is 21.6 Å². The standard InChI is InChI=1S/C9H9BrFNO2/c1-5(2)14-9-4-8(12-13)7(11)3-6(9)10/h3-5H,1-2H3. The van der Waals surface area contributed by atoms with Crippen LogP contribution in [0.3, 0.4) is 0 Å². The molecular formula is C9H9BrFNO2. The first-order chi connectivity index (χ1) is 6.54. The molecule has 5 heteroatoms. The molecule has 0 fully saturated rings. The highest BCUT2D eigenvalue weighted by molar-refractivity contribution is 9.10. The Kier molecular flexibility index (Phi) is 3.57. The molecule has 0 radical (unpaired) electrons. The summed E-state index contributed by atoms with van der Waals surface area (Å²) in [4.78, 5) is 10.2. The molecule has 0 aliphatic heterocycles. The molecule has 0 aromatic heterocycles. The number of halogens is 2. The predicted octanol–water partition coefficient (Wildman–Crippen LogP) is 3.77. The van der Waals surface area contributed by atoms with Gasteiger partial charge in [0.15, 0.2) is 5.82 Å². The van der Waals surface area contributed by atoms with Crippen molar-refractivity contribution < 1.29 is 9.13 Å². The van der Waals surface area contributed by atoms with Gasteiger partial charge in [-0.05, 0) is 41.0 Å². The average Bonchev–Trinajstić information content (AvgIpc) is 2.09. The summed E-state index contributed by atoms with van der Waals surface area (Å²) in [5.41, 5.74) is -0.246. The second-order valence-corrected chi connectivity index (χ2v) is 3.85. The van der Waals surface area contributed by atoms with Crippen LogP contribution in [0.5, 0.6) is 5.75 Å². The lowest BCUT2D eigenvalue weighted by molar-refractivity contribution is 0.240. The molecule has 1 aromatic carbocycles. The highest BCUT2D eigenvalue weighted by Gasteiger charge is 2.10. The molecule has 0 atom stereocenters. The molecule has 0 N–H and O–H groups in total. The van der Waals surface area contributed by atoms with Gasteiger partial charge in [-0.2, -0.15) is 0 Å². The minimum Gasteiger partial charge on any atom is -0.490 e. The van der Waals surface area contributed by atoms with Crippen molar-refractivity contribution in [3.05, 3.63) is 27.3 Å². The van der Waals surface area contributed by atoms with Gasteiger partial charge in [-0.25, -0.2) is 4.39 Å². The molecule has 1 rings (SSSR count). The van der Waals surface area contributed by atoms with Crippen LogP contribution in [0.2, 0.25) is 0 Å². The molecule has 14 heavy (non-hydrogen) atoms. The molecule has 0 spiro atoms. The Morgan fingerprint density at radius 1 is 1.50 bits per heavy atom. The summed E-state index contributed by atoms with van der Waals surface area (Å²) in [6, 6.07) is 2.43. The van der Waals surface area contributed by atoms with Crippen LogP contribution in [0.1, 0.15) is 13.8 Å². The first-order valence-corrected chi connectivity index (χ1v) is 4.83. The van der Waals surface area contributed by atoms with Crippen LogP contribution in [-0.4, -0.2) is 6.10 Å². The van der Waals surface area contributed by atoms with E-state index in [4.69, 9.17) is 4.74 Å². The molecule has 0 heterocycles. The van der Waals surface area contributed by atoms with Crippen molar-refractivity contribution in [1.82, 2.24) is 0 Å². The minimum atomic E-state index is -0.664. The third-order valence-electron chi connectivity index (χ3n) is 1.46. The van der Waals surface area contributed by atoms with E-state index in [0.717, 1.165) is 6.07 Å². The molecule has 0 aliphatic carbocycles. The number of nitroso groups, excluding NO2 is 1. The maximum atomic E-state index is 13.0. The van der Waals surface area contributed by atoms with Crippen LogP contribution < -0.4 is 4.74 Å². The second kappa shape index (κ2) is 4.50. The normalized spacial score (nSPS) is 10.4. The Balaban J connectivity index is 3.10. The van der Waals surface area contributed by atoms with E-state index in [1.807, 2.05) is 13.8 Å². The van der Waals surface area contributed by atoms with E-state index in [1.165, 1.54) is 6.07 Å². The maximum Gasteiger partial charge on any atom is 0.153 e. The van der Waals surface area contributed by atoms with Crippen LogP contribution in [0.4, 0.5) is 10.1 Å². The molecule has 76 valence electrons. The van der Waals surface area contributed by atoms with E-state index >= 15 is 0 Å². The Hall–Kier alpha value is -0.970. The molecule has 1 aromatic rings. The van der Waals surface area contributed by atoms with E-state index in [2.05, 4.69) is 21.1 Å². The van der Waals surface area contributed by atoms with Crippen LogP contribution in [0.25, 0.3) is 0 Å². The van der Waals surface area contributed by atoms with Gasteiger partial charge in [-0.1, -0.05) is 0 Å². The average molecular weight is 262 g/mol. The second-order valence-electron chi connectivity index (χ2n) is 2.99. The minimum absolute atomic E-state index is 0.0451. The zero-order valence-electron chi connectivity index (χ0n) is 7.75. The molecule has 0 saturated carbocycles. The number of ether oxygens (including phenoxy) is 1. The molecule has 0 bridgehead atoms. The van der Waals surface area contributed by atoms with E-state index in [1.54, 1.807) is 0 Å². The lowest BCUT2D eigenvalue weighted by atomic mass is 10.3. The van der Waals surface area contributed by atoms with Crippen molar-refractivity contribution in [1.29, 1.82) is 0 Å². The third kappa shape index (κ3) is 2.51. The first kappa shape index (κ1) is 11.1.